The van der Waals surface area contributed by atoms with E-state index in [0.29, 0.717) is 5.92 Å². The minimum absolute atomic E-state index is 0.0273. The molecule has 1 aromatic heterocycles. The number of halogens is 1. The van der Waals surface area contributed by atoms with Crippen LogP contribution in [0.15, 0.2) is 34.9 Å². The van der Waals surface area contributed by atoms with E-state index in [9.17, 15) is 0 Å². The lowest BCUT2D eigenvalue weighted by Crippen LogP contribution is -2.17. The molecule has 1 aromatic carbocycles. The lowest BCUT2D eigenvalue weighted by Gasteiger charge is -2.21. The van der Waals surface area contributed by atoms with Crippen LogP contribution in [0.1, 0.15) is 51.9 Å². The maximum absolute atomic E-state index is 4.36. The van der Waals surface area contributed by atoms with Gasteiger partial charge in [-0.3, -0.25) is 0 Å². The van der Waals surface area contributed by atoms with Gasteiger partial charge in [0.2, 0.25) is 0 Å². The second kappa shape index (κ2) is 5.68. The summed E-state index contributed by atoms with van der Waals surface area (Å²) in [5.74, 6) is 0.450. The zero-order valence-corrected chi connectivity index (χ0v) is 14.3. The molecule has 0 saturated heterocycles. The Morgan fingerprint density at radius 2 is 1.70 bits per heavy atom. The molecule has 2 aromatic rings. The maximum Gasteiger partial charge on any atom is 0.0880 e. The fourth-order valence-electron chi connectivity index (χ4n) is 2.26. The molecule has 0 saturated carbocycles. The van der Waals surface area contributed by atoms with E-state index in [0.717, 1.165) is 10.2 Å². The highest BCUT2D eigenvalue weighted by Crippen LogP contribution is 2.28. The predicted molar refractivity (Wildman–Crippen MR) is 85.8 cm³/mol. The SMILES string of the molecule is CC(C)[C@H](c1ccc(Br)cc1)n1cc(C(C)(C)C)nn1. The third-order valence-electron chi connectivity index (χ3n) is 3.41. The van der Waals surface area contributed by atoms with E-state index in [-0.39, 0.29) is 11.5 Å². The summed E-state index contributed by atoms with van der Waals surface area (Å²) in [4.78, 5) is 0. The molecule has 4 heteroatoms. The number of hydrogen-bond donors (Lipinski definition) is 0. The summed E-state index contributed by atoms with van der Waals surface area (Å²) in [5, 5.41) is 8.70. The molecular weight excluding hydrogens is 314 g/mol. The standard InChI is InChI=1S/C16H22BrN3/c1-11(2)15(12-6-8-13(17)9-7-12)20-10-14(18-19-20)16(3,4)5/h6-11,15H,1-5H3/t15-/m1/s1. The van der Waals surface area contributed by atoms with Crippen molar-refractivity contribution in [3.8, 4) is 0 Å². The van der Waals surface area contributed by atoms with Crippen molar-refractivity contribution >= 4 is 15.9 Å². The molecule has 20 heavy (non-hydrogen) atoms. The van der Waals surface area contributed by atoms with Gasteiger partial charge in [0.05, 0.1) is 11.7 Å². The van der Waals surface area contributed by atoms with Crippen LogP contribution in [0.4, 0.5) is 0 Å². The van der Waals surface area contributed by atoms with Gasteiger partial charge in [-0.1, -0.05) is 67.9 Å². The van der Waals surface area contributed by atoms with Crippen molar-refractivity contribution in [2.75, 3.05) is 0 Å². The van der Waals surface area contributed by atoms with E-state index in [1.165, 1.54) is 5.56 Å². The average Bonchev–Trinajstić information content (AvgIpc) is 2.80. The molecule has 0 aliphatic heterocycles. The van der Waals surface area contributed by atoms with Crippen LogP contribution in [0.5, 0.6) is 0 Å². The Hall–Kier alpha value is -1.16. The number of benzene rings is 1. The van der Waals surface area contributed by atoms with Crippen LogP contribution in [-0.2, 0) is 5.41 Å². The van der Waals surface area contributed by atoms with Gasteiger partial charge in [-0.15, -0.1) is 5.10 Å². The summed E-state index contributed by atoms with van der Waals surface area (Å²) in [6, 6.07) is 8.66. The van der Waals surface area contributed by atoms with Crippen LogP contribution < -0.4 is 0 Å². The molecular formula is C16H22BrN3. The first kappa shape index (κ1) is 15.2. The highest BCUT2D eigenvalue weighted by molar-refractivity contribution is 9.10. The van der Waals surface area contributed by atoms with Gasteiger partial charge in [-0.05, 0) is 23.6 Å². The van der Waals surface area contributed by atoms with Crippen molar-refractivity contribution in [2.45, 2.75) is 46.1 Å². The van der Waals surface area contributed by atoms with Crippen molar-refractivity contribution in [2.24, 2.45) is 5.92 Å². The Kier molecular flexibility index (Phi) is 4.33. The zero-order chi connectivity index (χ0) is 14.9. The average molecular weight is 336 g/mol. The molecule has 0 spiro atoms. The molecule has 0 radical (unpaired) electrons. The third-order valence-corrected chi connectivity index (χ3v) is 3.94. The fraction of sp³-hybridized carbons (Fsp3) is 0.500. The van der Waals surface area contributed by atoms with Gasteiger partial charge >= 0.3 is 0 Å². The quantitative estimate of drug-likeness (QED) is 0.821. The number of rotatable bonds is 3. The van der Waals surface area contributed by atoms with Crippen LogP contribution in [0.3, 0.4) is 0 Å². The topological polar surface area (TPSA) is 30.7 Å². The monoisotopic (exact) mass is 335 g/mol. The normalized spacial score (nSPS) is 13.8. The van der Waals surface area contributed by atoms with Gasteiger partial charge in [0, 0.05) is 16.1 Å². The molecule has 3 nitrogen and oxygen atoms in total. The molecule has 1 heterocycles. The van der Waals surface area contributed by atoms with Gasteiger partial charge in [0.25, 0.3) is 0 Å². The van der Waals surface area contributed by atoms with Crippen LogP contribution in [0.2, 0.25) is 0 Å². The molecule has 1 atom stereocenters. The van der Waals surface area contributed by atoms with Gasteiger partial charge < -0.3 is 0 Å². The van der Waals surface area contributed by atoms with Crippen molar-refractivity contribution in [3.05, 3.63) is 46.2 Å². The Morgan fingerprint density at radius 1 is 1.10 bits per heavy atom. The summed E-state index contributed by atoms with van der Waals surface area (Å²) in [5.41, 5.74) is 2.31. The third kappa shape index (κ3) is 3.29. The van der Waals surface area contributed by atoms with Gasteiger partial charge in [-0.25, -0.2) is 4.68 Å². The Bertz CT molecular complexity index is 564. The van der Waals surface area contributed by atoms with Crippen LogP contribution in [0, 0.1) is 5.92 Å². The highest BCUT2D eigenvalue weighted by Gasteiger charge is 2.23. The molecule has 0 aliphatic carbocycles. The lowest BCUT2D eigenvalue weighted by atomic mass is 9.92. The molecule has 0 amide bonds. The minimum atomic E-state index is 0.0273. The highest BCUT2D eigenvalue weighted by atomic mass is 79.9. The predicted octanol–water partition coefficient (Wildman–Crippen LogP) is 4.58. The summed E-state index contributed by atoms with van der Waals surface area (Å²) in [6.45, 7) is 10.9. The molecule has 2 rings (SSSR count). The van der Waals surface area contributed by atoms with Crippen LogP contribution in [0.25, 0.3) is 0 Å². The van der Waals surface area contributed by atoms with E-state index < -0.39 is 0 Å². The second-order valence-electron chi connectivity index (χ2n) is 6.57. The smallest absolute Gasteiger partial charge is 0.0880 e. The first-order valence-electron chi connectivity index (χ1n) is 6.97. The van der Waals surface area contributed by atoms with E-state index in [1.54, 1.807) is 0 Å². The van der Waals surface area contributed by atoms with Crippen LogP contribution >= 0.6 is 15.9 Å². The summed E-state index contributed by atoms with van der Waals surface area (Å²) >= 11 is 3.48. The summed E-state index contributed by atoms with van der Waals surface area (Å²) in [6.07, 6.45) is 2.08. The molecule has 0 fully saturated rings. The molecule has 0 bridgehead atoms. The van der Waals surface area contributed by atoms with E-state index in [2.05, 4.69) is 91.3 Å². The molecule has 0 unspecified atom stereocenters. The summed E-state index contributed by atoms with van der Waals surface area (Å²) in [7, 11) is 0. The van der Waals surface area contributed by atoms with Crippen molar-refractivity contribution in [1.82, 2.24) is 15.0 Å². The van der Waals surface area contributed by atoms with Crippen molar-refractivity contribution in [3.63, 3.8) is 0 Å². The van der Waals surface area contributed by atoms with Gasteiger partial charge in [0.1, 0.15) is 0 Å². The molecule has 0 aliphatic rings. The lowest BCUT2D eigenvalue weighted by molar-refractivity contribution is 0.394. The van der Waals surface area contributed by atoms with E-state index >= 15 is 0 Å². The van der Waals surface area contributed by atoms with Crippen molar-refractivity contribution in [1.29, 1.82) is 0 Å². The largest absolute Gasteiger partial charge is 0.245 e. The molecule has 0 N–H and O–H groups in total. The Labute approximate surface area is 129 Å². The second-order valence-corrected chi connectivity index (χ2v) is 7.49. The first-order valence-corrected chi connectivity index (χ1v) is 7.76. The Balaban J connectivity index is 2.39. The van der Waals surface area contributed by atoms with Gasteiger partial charge in [-0.2, -0.15) is 0 Å². The van der Waals surface area contributed by atoms with Crippen LogP contribution in [-0.4, -0.2) is 15.0 Å². The van der Waals surface area contributed by atoms with E-state index in [4.69, 9.17) is 0 Å². The van der Waals surface area contributed by atoms with Gasteiger partial charge in [0.15, 0.2) is 0 Å². The summed E-state index contributed by atoms with van der Waals surface area (Å²) < 4.78 is 3.09. The zero-order valence-electron chi connectivity index (χ0n) is 12.8. The number of nitrogens with zero attached hydrogens (tertiary/aromatic N) is 3. The number of hydrogen-bond acceptors (Lipinski definition) is 2. The first-order chi connectivity index (χ1) is 9.29. The van der Waals surface area contributed by atoms with Crippen molar-refractivity contribution < 1.29 is 0 Å². The maximum atomic E-state index is 4.36. The fourth-order valence-corrected chi connectivity index (χ4v) is 2.52. The molecule has 108 valence electrons. The Morgan fingerprint density at radius 3 is 2.15 bits per heavy atom. The minimum Gasteiger partial charge on any atom is -0.245 e. The van der Waals surface area contributed by atoms with E-state index in [1.807, 2.05) is 4.68 Å². The number of aromatic nitrogens is 3.